The third kappa shape index (κ3) is 1.72. The molecular formula is C13H13NO2. The molecule has 0 aliphatic carbocycles. The van der Waals surface area contributed by atoms with Crippen molar-refractivity contribution in [1.82, 2.24) is 0 Å². The van der Waals surface area contributed by atoms with Gasteiger partial charge >= 0.3 is 0 Å². The lowest BCUT2D eigenvalue weighted by atomic mass is 10.0. The van der Waals surface area contributed by atoms with Gasteiger partial charge in [0.2, 0.25) is 5.69 Å². The van der Waals surface area contributed by atoms with Gasteiger partial charge in [0.1, 0.15) is 5.75 Å². The molecule has 0 fully saturated rings. The predicted molar refractivity (Wildman–Crippen MR) is 62.1 cm³/mol. The van der Waals surface area contributed by atoms with E-state index in [1.807, 2.05) is 31.2 Å². The SMILES string of the molecule is COc1cccc(C)c1-c1cccc[n+]1[O-]. The topological polar surface area (TPSA) is 36.2 Å². The Morgan fingerprint density at radius 3 is 2.62 bits per heavy atom. The molecule has 0 radical (unpaired) electrons. The standard InChI is InChI=1S/C13H13NO2/c1-10-6-5-8-12(16-2)13(10)11-7-3-4-9-14(11)15/h3-9H,1-2H3. The Morgan fingerprint density at radius 1 is 1.12 bits per heavy atom. The quantitative estimate of drug-likeness (QED) is 0.569. The van der Waals surface area contributed by atoms with E-state index in [2.05, 4.69) is 0 Å². The van der Waals surface area contributed by atoms with Crippen LogP contribution in [0.25, 0.3) is 11.3 Å². The van der Waals surface area contributed by atoms with Gasteiger partial charge in [-0.15, -0.1) is 0 Å². The Hall–Kier alpha value is -2.03. The minimum absolute atomic E-state index is 0.609. The average molecular weight is 215 g/mol. The zero-order valence-electron chi connectivity index (χ0n) is 9.31. The first kappa shape index (κ1) is 10.5. The van der Waals surface area contributed by atoms with Crippen LogP contribution in [0.2, 0.25) is 0 Å². The molecule has 0 amide bonds. The van der Waals surface area contributed by atoms with Crippen molar-refractivity contribution in [2.24, 2.45) is 0 Å². The van der Waals surface area contributed by atoms with Crippen molar-refractivity contribution in [3.63, 3.8) is 0 Å². The lowest BCUT2D eigenvalue weighted by Gasteiger charge is -2.10. The van der Waals surface area contributed by atoms with Crippen molar-refractivity contribution < 1.29 is 9.47 Å². The van der Waals surface area contributed by atoms with E-state index in [4.69, 9.17) is 4.74 Å². The van der Waals surface area contributed by atoms with Gasteiger partial charge in [-0.25, -0.2) is 0 Å². The molecule has 82 valence electrons. The van der Waals surface area contributed by atoms with E-state index in [1.54, 1.807) is 19.2 Å². The highest BCUT2D eigenvalue weighted by Crippen LogP contribution is 2.30. The van der Waals surface area contributed by atoms with Gasteiger partial charge in [0.05, 0.1) is 12.7 Å². The van der Waals surface area contributed by atoms with Crippen molar-refractivity contribution in [3.05, 3.63) is 53.4 Å². The lowest BCUT2D eigenvalue weighted by molar-refractivity contribution is -0.593. The largest absolute Gasteiger partial charge is 0.618 e. The van der Waals surface area contributed by atoms with Crippen LogP contribution in [0.1, 0.15) is 5.56 Å². The second-order valence-corrected chi connectivity index (χ2v) is 3.56. The van der Waals surface area contributed by atoms with Crippen LogP contribution in [0.4, 0.5) is 0 Å². The van der Waals surface area contributed by atoms with Gasteiger partial charge in [0.15, 0.2) is 6.20 Å². The Bertz CT molecular complexity index is 509. The first-order valence-corrected chi connectivity index (χ1v) is 5.06. The summed E-state index contributed by atoms with van der Waals surface area (Å²) in [5.74, 6) is 0.718. The predicted octanol–water partition coefficient (Wildman–Crippen LogP) is 2.30. The van der Waals surface area contributed by atoms with E-state index in [0.717, 1.165) is 21.6 Å². The molecule has 1 heterocycles. The maximum Gasteiger partial charge on any atom is 0.227 e. The number of hydrogen-bond donors (Lipinski definition) is 0. The number of ether oxygens (including phenoxy) is 1. The third-order valence-corrected chi connectivity index (χ3v) is 2.53. The third-order valence-electron chi connectivity index (χ3n) is 2.53. The van der Waals surface area contributed by atoms with Crippen molar-refractivity contribution in [3.8, 4) is 17.0 Å². The van der Waals surface area contributed by atoms with Crippen LogP contribution >= 0.6 is 0 Å². The minimum atomic E-state index is 0.609. The molecule has 0 bridgehead atoms. The van der Waals surface area contributed by atoms with E-state index < -0.39 is 0 Å². The van der Waals surface area contributed by atoms with Gasteiger partial charge in [-0.1, -0.05) is 12.1 Å². The van der Waals surface area contributed by atoms with Gasteiger partial charge in [-0.3, -0.25) is 0 Å². The maximum atomic E-state index is 11.7. The van der Waals surface area contributed by atoms with Gasteiger partial charge in [0, 0.05) is 12.1 Å². The molecule has 0 saturated carbocycles. The summed E-state index contributed by atoms with van der Waals surface area (Å²) in [6.07, 6.45) is 1.49. The Morgan fingerprint density at radius 2 is 1.94 bits per heavy atom. The number of benzene rings is 1. The van der Waals surface area contributed by atoms with E-state index in [9.17, 15) is 5.21 Å². The van der Waals surface area contributed by atoms with Crippen molar-refractivity contribution in [2.45, 2.75) is 6.92 Å². The van der Waals surface area contributed by atoms with Crippen LogP contribution in [0.15, 0.2) is 42.6 Å². The molecule has 0 saturated heterocycles. The van der Waals surface area contributed by atoms with Crippen molar-refractivity contribution in [2.75, 3.05) is 7.11 Å². The second kappa shape index (κ2) is 4.23. The van der Waals surface area contributed by atoms with E-state index in [1.165, 1.54) is 6.20 Å². The van der Waals surface area contributed by atoms with E-state index >= 15 is 0 Å². The number of rotatable bonds is 2. The molecule has 0 spiro atoms. The normalized spacial score (nSPS) is 10.1. The highest BCUT2D eigenvalue weighted by Gasteiger charge is 2.15. The molecule has 1 aromatic carbocycles. The summed E-state index contributed by atoms with van der Waals surface area (Å²) in [6, 6.07) is 11.1. The van der Waals surface area contributed by atoms with Crippen molar-refractivity contribution in [1.29, 1.82) is 0 Å². The number of pyridine rings is 1. The fourth-order valence-corrected chi connectivity index (χ4v) is 1.76. The molecule has 0 atom stereocenters. The summed E-state index contributed by atoms with van der Waals surface area (Å²) in [5.41, 5.74) is 2.48. The number of methoxy groups -OCH3 is 1. The smallest absolute Gasteiger partial charge is 0.227 e. The molecule has 2 rings (SSSR count). The molecule has 0 aliphatic heterocycles. The van der Waals surface area contributed by atoms with Crippen LogP contribution in [0, 0.1) is 12.1 Å². The van der Waals surface area contributed by atoms with E-state index in [0.29, 0.717) is 5.69 Å². The van der Waals surface area contributed by atoms with Gasteiger partial charge in [0.25, 0.3) is 0 Å². The summed E-state index contributed by atoms with van der Waals surface area (Å²) >= 11 is 0. The van der Waals surface area contributed by atoms with Crippen LogP contribution in [0.3, 0.4) is 0 Å². The molecular weight excluding hydrogens is 202 g/mol. The van der Waals surface area contributed by atoms with Crippen LogP contribution < -0.4 is 9.47 Å². The molecule has 0 N–H and O–H groups in total. The highest BCUT2D eigenvalue weighted by atomic mass is 16.5. The molecule has 0 aliphatic rings. The fraction of sp³-hybridized carbons (Fsp3) is 0.154. The Labute approximate surface area is 94.5 Å². The fourth-order valence-electron chi connectivity index (χ4n) is 1.76. The molecule has 1 aromatic heterocycles. The average Bonchev–Trinajstić information content (AvgIpc) is 2.30. The summed E-state index contributed by atoms with van der Waals surface area (Å²) in [4.78, 5) is 0. The maximum absolute atomic E-state index is 11.7. The second-order valence-electron chi connectivity index (χ2n) is 3.56. The van der Waals surface area contributed by atoms with Crippen LogP contribution in [0.5, 0.6) is 5.75 Å². The number of aryl methyl sites for hydroxylation is 1. The number of hydrogen-bond acceptors (Lipinski definition) is 2. The zero-order valence-corrected chi connectivity index (χ0v) is 9.31. The van der Waals surface area contributed by atoms with Crippen LogP contribution in [-0.2, 0) is 0 Å². The summed E-state index contributed by atoms with van der Waals surface area (Å²) in [5, 5.41) is 11.7. The van der Waals surface area contributed by atoms with Gasteiger partial charge in [-0.05, 0) is 24.6 Å². The van der Waals surface area contributed by atoms with Crippen molar-refractivity contribution >= 4 is 0 Å². The van der Waals surface area contributed by atoms with Gasteiger partial charge < -0.3 is 9.94 Å². The first-order chi connectivity index (χ1) is 7.74. The monoisotopic (exact) mass is 215 g/mol. The van der Waals surface area contributed by atoms with Crippen LogP contribution in [-0.4, -0.2) is 7.11 Å². The summed E-state index contributed by atoms with van der Waals surface area (Å²) in [6.45, 7) is 1.96. The lowest BCUT2D eigenvalue weighted by Crippen LogP contribution is -2.28. The van der Waals surface area contributed by atoms with E-state index in [-0.39, 0.29) is 0 Å². The van der Waals surface area contributed by atoms with Gasteiger partial charge in [-0.2, -0.15) is 4.73 Å². The first-order valence-electron chi connectivity index (χ1n) is 5.06. The molecule has 2 aromatic rings. The Balaban J connectivity index is 2.68. The zero-order chi connectivity index (χ0) is 11.5. The number of aromatic nitrogens is 1. The molecule has 3 nitrogen and oxygen atoms in total. The summed E-state index contributed by atoms with van der Waals surface area (Å²) in [7, 11) is 1.61. The minimum Gasteiger partial charge on any atom is -0.618 e. The molecule has 0 unspecified atom stereocenters. The Kier molecular flexibility index (Phi) is 2.77. The highest BCUT2D eigenvalue weighted by molar-refractivity contribution is 5.68. The molecule has 3 heteroatoms. The number of nitrogens with zero attached hydrogens (tertiary/aromatic N) is 1. The summed E-state index contributed by atoms with van der Waals surface area (Å²) < 4.78 is 6.14. The molecule has 16 heavy (non-hydrogen) atoms.